The lowest BCUT2D eigenvalue weighted by Crippen LogP contribution is -2.49. The molecule has 1 aromatic heterocycles. The molecular formula is C20H26N4O6S2. The van der Waals surface area contributed by atoms with Crippen LogP contribution in [0.5, 0.6) is 0 Å². The lowest BCUT2D eigenvalue weighted by Gasteiger charge is -2.26. The predicted molar refractivity (Wildman–Crippen MR) is 120 cm³/mol. The second kappa shape index (κ2) is 9.92. The number of rotatable bonds is 9. The average molecular weight is 483 g/mol. The summed E-state index contributed by atoms with van der Waals surface area (Å²) >= 11 is 1.18. The van der Waals surface area contributed by atoms with E-state index in [1.807, 2.05) is 0 Å². The number of carbonyl (C=O) groups excluding carboxylic acids is 2. The molecule has 2 heterocycles. The van der Waals surface area contributed by atoms with E-state index in [4.69, 9.17) is 9.15 Å². The largest absolute Gasteiger partial charge is 0.463 e. The second-order valence-corrected chi connectivity index (χ2v) is 9.78. The maximum atomic E-state index is 12.8. The van der Waals surface area contributed by atoms with Crippen molar-refractivity contribution in [2.24, 2.45) is 0 Å². The fourth-order valence-corrected chi connectivity index (χ4v) is 5.63. The number of aromatic nitrogens is 1. The number of esters is 1. The highest BCUT2D eigenvalue weighted by molar-refractivity contribution is 7.99. The van der Waals surface area contributed by atoms with Gasteiger partial charge >= 0.3 is 12.0 Å². The molecule has 0 radical (unpaired) electrons. The van der Waals surface area contributed by atoms with Crippen molar-refractivity contribution in [1.29, 1.82) is 0 Å². The number of oxazole rings is 1. The van der Waals surface area contributed by atoms with Crippen LogP contribution in [-0.4, -0.2) is 61.2 Å². The van der Waals surface area contributed by atoms with Crippen LogP contribution in [0.25, 0.3) is 11.1 Å². The molecule has 2 amide bonds. The number of ether oxygens (including phenoxy) is 1. The molecule has 0 fully saturated rings. The minimum Gasteiger partial charge on any atom is -0.463 e. The first-order valence-electron chi connectivity index (χ1n) is 10.2. The van der Waals surface area contributed by atoms with E-state index in [1.54, 1.807) is 33.8 Å². The highest BCUT2D eigenvalue weighted by Gasteiger charge is 2.30. The van der Waals surface area contributed by atoms with Crippen molar-refractivity contribution in [3.63, 3.8) is 0 Å². The van der Waals surface area contributed by atoms with Crippen molar-refractivity contribution in [2.75, 3.05) is 25.4 Å². The minimum absolute atomic E-state index is 0.144. The van der Waals surface area contributed by atoms with Crippen molar-refractivity contribution in [1.82, 2.24) is 19.9 Å². The molecule has 1 atom stereocenters. The molecule has 12 heteroatoms. The van der Waals surface area contributed by atoms with Gasteiger partial charge in [0, 0.05) is 24.5 Å². The maximum Gasteiger partial charge on any atom is 0.337 e. The van der Waals surface area contributed by atoms with Gasteiger partial charge in [0.1, 0.15) is 5.52 Å². The van der Waals surface area contributed by atoms with E-state index in [0.29, 0.717) is 35.5 Å². The van der Waals surface area contributed by atoms with Gasteiger partial charge in [-0.3, -0.25) is 0 Å². The van der Waals surface area contributed by atoms with Gasteiger partial charge in [0.25, 0.3) is 5.22 Å². The maximum absolute atomic E-state index is 12.8. The third-order valence-electron chi connectivity index (χ3n) is 4.89. The van der Waals surface area contributed by atoms with Gasteiger partial charge in [0.05, 0.1) is 23.1 Å². The monoisotopic (exact) mass is 482 g/mol. The van der Waals surface area contributed by atoms with Gasteiger partial charge in [-0.25, -0.2) is 23.0 Å². The smallest absolute Gasteiger partial charge is 0.337 e. The van der Waals surface area contributed by atoms with E-state index in [-0.39, 0.29) is 22.5 Å². The summed E-state index contributed by atoms with van der Waals surface area (Å²) in [6, 6.07) is 3.63. The third-order valence-corrected chi connectivity index (χ3v) is 7.79. The zero-order valence-electron chi connectivity index (χ0n) is 18.3. The highest BCUT2D eigenvalue weighted by atomic mass is 32.2. The normalized spacial score (nSPS) is 16.9. The molecule has 10 nitrogen and oxygen atoms in total. The van der Waals surface area contributed by atoms with Crippen LogP contribution in [0, 0.1) is 0 Å². The first-order chi connectivity index (χ1) is 15.2. The van der Waals surface area contributed by atoms with Gasteiger partial charge < -0.3 is 19.8 Å². The van der Waals surface area contributed by atoms with Gasteiger partial charge in [-0.05, 0) is 32.0 Å². The Balaban J connectivity index is 1.85. The Kier molecular flexibility index (Phi) is 7.47. The molecule has 0 bridgehead atoms. The van der Waals surface area contributed by atoms with Gasteiger partial charge in [-0.15, -0.1) is 0 Å². The predicted octanol–water partition coefficient (Wildman–Crippen LogP) is 2.47. The summed E-state index contributed by atoms with van der Waals surface area (Å²) in [6.45, 7) is 7.93. The lowest BCUT2D eigenvalue weighted by molar-refractivity contribution is -0.138. The number of fused-ring (bicyclic) bond motifs is 1. The summed E-state index contributed by atoms with van der Waals surface area (Å²) in [5, 5.41) is 5.57. The quantitative estimate of drug-likeness (QED) is 0.412. The Morgan fingerprint density at radius 3 is 2.66 bits per heavy atom. The standard InChI is InChI=1S/C20H26N4O6S2/c1-5-24(6-2)32(27,28)13-8-9-16-14(10-13)23-20(30-16)31-11-15-17(18(25)29-7-3)12(4)21-19(26)22-15/h8-10,12H,5-7,11H2,1-4H3,(H2,21,22,26). The second-order valence-electron chi connectivity index (χ2n) is 6.92. The molecule has 1 aliphatic rings. The number of nitrogens with one attached hydrogen (secondary N) is 2. The molecule has 0 saturated carbocycles. The van der Waals surface area contributed by atoms with E-state index in [2.05, 4.69) is 15.6 Å². The summed E-state index contributed by atoms with van der Waals surface area (Å²) in [5.41, 5.74) is 1.59. The van der Waals surface area contributed by atoms with Crippen LogP contribution >= 0.6 is 11.8 Å². The molecule has 1 aromatic carbocycles. The summed E-state index contributed by atoms with van der Waals surface area (Å²) in [7, 11) is -3.62. The van der Waals surface area contributed by atoms with Crippen LogP contribution in [0.2, 0.25) is 0 Å². The number of urea groups is 1. The van der Waals surface area contributed by atoms with Crippen LogP contribution in [0.15, 0.2) is 44.0 Å². The average Bonchev–Trinajstić information content (AvgIpc) is 3.14. The van der Waals surface area contributed by atoms with Gasteiger partial charge in [0.2, 0.25) is 10.0 Å². The number of benzene rings is 1. The summed E-state index contributed by atoms with van der Waals surface area (Å²) < 4.78 is 37.7. The van der Waals surface area contributed by atoms with Crippen LogP contribution < -0.4 is 10.6 Å². The zero-order chi connectivity index (χ0) is 23.5. The van der Waals surface area contributed by atoms with Crippen molar-refractivity contribution in [3.05, 3.63) is 29.5 Å². The van der Waals surface area contributed by atoms with E-state index < -0.39 is 28.1 Å². The number of hydrogen-bond acceptors (Lipinski definition) is 8. The number of sulfonamides is 1. The van der Waals surface area contributed by atoms with E-state index in [9.17, 15) is 18.0 Å². The Morgan fingerprint density at radius 2 is 2.00 bits per heavy atom. The SMILES string of the molecule is CCOC(=O)C1=C(CSc2nc3cc(S(=O)(=O)N(CC)CC)ccc3o2)NC(=O)NC1C. The van der Waals surface area contributed by atoms with Crippen LogP contribution in [-0.2, 0) is 19.6 Å². The molecule has 0 aliphatic carbocycles. The van der Waals surface area contributed by atoms with Crippen molar-refractivity contribution in [3.8, 4) is 0 Å². The lowest BCUT2D eigenvalue weighted by atomic mass is 10.1. The van der Waals surface area contributed by atoms with E-state index >= 15 is 0 Å². The fraction of sp³-hybridized carbons (Fsp3) is 0.450. The number of amides is 2. The third kappa shape index (κ3) is 4.92. The molecule has 0 saturated heterocycles. The molecule has 2 N–H and O–H groups in total. The zero-order valence-corrected chi connectivity index (χ0v) is 19.9. The molecule has 174 valence electrons. The number of hydrogen-bond donors (Lipinski definition) is 2. The van der Waals surface area contributed by atoms with E-state index in [0.717, 1.165) is 0 Å². The van der Waals surface area contributed by atoms with Crippen molar-refractivity contribution >= 4 is 44.9 Å². The first-order valence-corrected chi connectivity index (χ1v) is 12.6. The Morgan fingerprint density at radius 1 is 1.28 bits per heavy atom. The Bertz CT molecular complexity index is 1150. The summed E-state index contributed by atoms with van der Waals surface area (Å²) in [4.78, 5) is 28.7. The van der Waals surface area contributed by atoms with Crippen LogP contribution in [0.3, 0.4) is 0 Å². The molecule has 1 unspecified atom stereocenters. The fourth-order valence-electron chi connectivity index (χ4n) is 3.35. The van der Waals surface area contributed by atoms with Crippen molar-refractivity contribution < 1.29 is 27.2 Å². The first kappa shape index (κ1) is 24.1. The van der Waals surface area contributed by atoms with Crippen LogP contribution in [0.1, 0.15) is 27.7 Å². The molecule has 0 spiro atoms. The molecule has 2 aromatic rings. The topological polar surface area (TPSA) is 131 Å². The molecular weight excluding hydrogens is 456 g/mol. The minimum atomic E-state index is -3.62. The van der Waals surface area contributed by atoms with Crippen LogP contribution in [0.4, 0.5) is 4.79 Å². The molecule has 32 heavy (non-hydrogen) atoms. The summed E-state index contributed by atoms with van der Waals surface area (Å²) in [6.07, 6.45) is 0. The molecule has 3 rings (SSSR count). The number of carbonyl (C=O) groups is 2. The van der Waals surface area contributed by atoms with Gasteiger partial charge in [0.15, 0.2) is 5.58 Å². The van der Waals surface area contributed by atoms with Crippen molar-refractivity contribution in [2.45, 2.75) is 43.9 Å². The number of nitrogens with zero attached hydrogens (tertiary/aromatic N) is 2. The number of thioether (sulfide) groups is 1. The molecule has 1 aliphatic heterocycles. The Hall–Kier alpha value is -2.57. The van der Waals surface area contributed by atoms with E-state index in [1.165, 1.54) is 28.2 Å². The van der Waals surface area contributed by atoms with Gasteiger partial charge in [-0.2, -0.15) is 4.31 Å². The summed E-state index contributed by atoms with van der Waals surface area (Å²) in [5.74, 6) is -0.296. The Labute approximate surface area is 190 Å². The highest BCUT2D eigenvalue weighted by Crippen LogP contribution is 2.28. The van der Waals surface area contributed by atoms with Gasteiger partial charge in [-0.1, -0.05) is 25.6 Å².